The summed E-state index contributed by atoms with van der Waals surface area (Å²) >= 11 is 0. The minimum atomic E-state index is -0.00679. The van der Waals surface area contributed by atoms with Crippen LogP contribution in [0.15, 0.2) is 30.7 Å². The molecule has 2 bridgehead atoms. The number of rotatable bonds is 6. The van der Waals surface area contributed by atoms with Crippen LogP contribution in [0.5, 0.6) is 0 Å². The molecule has 176 valence electrons. The maximum Gasteiger partial charge on any atom is 0.255 e. The second-order valence-electron chi connectivity index (χ2n) is 9.70. The van der Waals surface area contributed by atoms with Gasteiger partial charge < -0.3 is 14.7 Å². The molecule has 0 spiro atoms. The fourth-order valence-corrected chi connectivity index (χ4v) is 5.89. The normalized spacial score (nSPS) is 24.5. The molecule has 33 heavy (non-hydrogen) atoms. The molecule has 3 saturated heterocycles. The van der Waals surface area contributed by atoms with E-state index >= 15 is 0 Å². The first kappa shape index (κ1) is 21.9. The number of nitrogens with zero attached hydrogens (tertiary/aromatic N) is 6. The molecule has 0 N–H and O–H groups in total. The van der Waals surface area contributed by atoms with Crippen molar-refractivity contribution in [3.05, 3.63) is 41.9 Å². The smallest absolute Gasteiger partial charge is 0.255 e. The summed E-state index contributed by atoms with van der Waals surface area (Å²) in [6.07, 6.45) is 9.61. The zero-order valence-corrected chi connectivity index (χ0v) is 19.7. The zero-order chi connectivity index (χ0) is 22.9. The van der Waals surface area contributed by atoms with Crippen molar-refractivity contribution in [1.82, 2.24) is 24.6 Å². The molecule has 2 aromatic rings. The van der Waals surface area contributed by atoms with Gasteiger partial charge in [-0.2, -0.15) is 5.10 Å². The lowest BCUT2D eigenvalue weighted by Crippen LogP contribution is -2.60. The first-order valence-corrected chi connectivity index (χ1v) is 12.4. The Bertz CT molecular complexity index is 1000. The Balaban J connectivity index is 1.25. The van der Waals surface area contributed by atoms with Gasteiger partial charge in [-0.25, -0.2) is 4.98 Å². The monoisotopic (exact) mass is 450 g/mol. The third kappa shape index (κ3) is 4.35. The van der Waals surface area contributed by atoms with Crippen LogP contribution in [-0.2, 0) is 17.9 Å². The first-order valence-electron chi connectivity index (χ1n) is 12.4. The lowest BCUT2D eigenvalue weighted by atomic mass is 9.76. The van der Waals surface area contributed by atoms with E-state index in [4.69, 9.17) is 4.98 Å². The number of fused-ring (bicyclic) bond motifs is 4. The van der Waals surface area contributed by atoms with Gasteiger partial charge in [0.25, 0.3) is 5.91 Å². The number of carbonyl (C=O) groups excluding carboxylic acids is 2. The molecule has 0 unspecified atom stereocenters. The Labute approximate surface area is 195 Å². The van der Waals surface area contributed by atoms with E-state index in [0.717, 1.165) is 50.4 Å². The number of pyridine rings is 1. The maximum absolute atomic E-state index is 13.1. The molecule has 8 heteroatoms. The third-order valence-electron chi connectivity index (χ3n) is 7.55. The van der Waals surface area contributed by atoms with Crippen LogP contribution >= 0.6 is 0 Å². The maximum atomic E-state index is 13.1. The summed E-state index contributed by atoms with van der Waals surface area (Å²) in [6, 6.07) is 4.28. The van der Waals surface area contributed by atoms with E-state index in [1.807, 2.05) is 48.0 Å². The Morgan fingerprint density at radius 1 is 1.18 bits per heavy atom. The molecule has 0 radical (unpaired) electrons. The summed E-state index contributed by atoms with van der Waals surface area (Å²) in [6.45, 7) is 8.78. The van der Waals surface area contributed by atoms with Crippen molar-refractivity contribution in [2.24, 2.45) is 11.8 Å². The van der Waals surface area contributed by atoms with Crippen LogP contribution in [0.4, 0.5) is 5.82 Å². The fourth-order valence-electron chi connectivity index (χ4n) is 5.89. The third-order valence-corrected chi connectivity index (χ3v) is 7.55. The van der Waals surface area contributed by atoms with Crippen molar-refractivity contribution >= 4 is 17.6 Å². The average molecular weight is 451 g/mol. The lowest BCUT2D eigenvalue weighted by Gasteiger charge is -2.52. The largest absolute Gasteiger partial charge is 0.356 e. The van der Waals surface area contributed by atoms with Gasteiger partial charge in [0.2, 0.25) is 5.91 Å². The van der Waals surface area contributed by atoms with E-state index < -0.39 is 0 Å². The first-order chi connectivity index (χ1) is 16.1. The number of amides is 2. The van der Waals surface area contributed by atoms with Gasteiger partial charge in [0, 0.05) is 69.7 Å². The average Bonchev–Trinajstić information content (AvgIpc) is 3.30. The van der Waals surface area contributed by atoms with Crippen LogP contribution in [-0.4, -0.2) is 68.6 Å². The quantitative estimate of drug-likeness (QED) is 0.677. The molecule has 3 aliphatic heterocycles. The van der Waals surface area contributed by atoms with Gasteiger partial charge in [-0.1, -0.05) is 0 Å². The Kier molecular flexibility index (Phi) is 6.08. The minimum Gasteiger partial charge on any atom is -0.356 e. The number of aromatic nitrogens is 3. The Hall–Kier alpha value is -2.90. The van der Waals surface area contributed by atoms with E-state index in [-0.39, 0.29) is 5.91 Å². The van der Waals surface area contributed by atoms with Crippen LogP contribution in [0.1, 0.15) is 55.5 Å². The summed E-state index contributed by atoms with van der Waals surface area (Å²) in [7, 11) is 0. The molecule has 0 aliphatic carbocycles. The van der Waals surface area contributed by atoms with Crippen LogP contribution in [0.2, 0.25) is 0 Å². The molecule has 2 aromatic heterocycles. The van der Waals surface area contributed by atoms with Crippen LogP contribution in [0.25, 0.3) is 0 Å². The van der Waals surface area contributed by atoms with Crippen molar-refractivity contribution in [3.8, 4) is 0 Å². The Morgan fingerprint density at radius 3 is 2.79 bits per heavy atom. The van der Waals surface area contributed by atoms with Gasteiger partial charge in [-0.15, -0.1) is 0 Å². The molecule has 3 atom stereocenters. The highest BCUT2D eigenvalue weighted by Crippen LogP contribution is 2.38. The number of piperidine rings is 3. The predicted molar refractivity (Wildman–Crippen MR) is 126 cm³/mol. The number of anilines is 1. The number of aryl methyl sites for hydroxylation is 1. The second-order valence-corrected chi connectivity index (χ2v) is 9.70. The minimum absolute atomic E-state index is 0.00679. The summed E-state index contributed by atoms with van der Waals surface area (Å²) in [5, 5.41) is 4.31. The van der Waals surface area contributed by atoms with E-state index in [0.29, 0.717) is 48.9 Å². The van der Waals surface area contributed by atoms with Gasteiger partial charge >= 0.3 is 0 Å². The van der Waals surface area contributed by atoms with Gasteiger partial charge in [0.1, 0.15) is 5.82 Å². The van der Waals surface area contributed by atoms with Gasteiger partial charge in [-0.3, -0.25) is 14.3 Å². The van der Waals surface area contributed by atoms with Crippen molar-refractivity contribution in [2.45, 2.75) is 58.7 Å². The number of carbonyl (C=O) groups is 2. The molecule has 0 saturated carbocycles. The van der Waals surface area contributed by atoms with Gasteiger partial charge in [0.15, 0.2) is 0 Å². The molecule has 5 heterocycles. The highest BCUT2D eigenvalue weighted by Gasteiger charge is 2.44. The molecule has 3 fully saturated rings. The highest BCUT2D eigenvalue weighted by atomic mass is 16.2. The zero-order valence-electron chi connectivity index (χ0n) is 19.7. The van der Waals surface area contributed by atoms with Crippen molar-refractivity contribution in [1.29, 1.82) is 0 Å². The van der Waals surface area contributed by atoms with Crippen LogP contribution in [0, 0.1) is 11.8 Å². The van der Waals surface area contributed by atoms with Gasteiger partial charge in [0.05, 0.1) is 11.8 Å². The lowest BCUT2D eigenvalue weighted by molar-refractivity contribution is -0.142. The van der Waals surface area contributed by atoms with Crippen molar-refractivity contribution in [3.63, 3.8) is 0 Å². The van der Waals surface area contributed by atoms with E-state index in [1.165, 1.54) is 6.42 Å². The summed E-state index contributed by atoms with van der Waals surface area (Å²) < 4.78 is 1.88. The molecule has 8 nitrogen and oxygen atoms in total. The van der Waals surface area contributed by atoms with E-state index in [2.05, 4.69) is 14.9 Å². The topological polar surface area (TPSA) is 74.6 Å². The summed E-state index contributed by atoms with van der Waals surface area (Å²) in [5.74, 6) is 2.30. The van der Waals surface area contributed by atoms with E-state index in [9.17, 15) is 9.59 Å². The Morgan fingerprint density at radius 2 is 2.06 bits per heavy atom. The summed E-state index contributed by atoms with van der Waals surface area (Å²) in [5.41, 5.74) is 1.65. The molecular weight excluding hydrogens is 416 g/mol. The molecular formula is C25H34N6O2. The fraction of sp³-hybridized carbons (Fsp3) is 0.600. The van der Waals surface area contributed by atoms with Crippen molar-refractivity contribution in [2.75, 3.05) is 31.1 Å². The van der Waals surface area contributed by atoms with E-state index in [1.54, 1.807) is 6.20 Å². The van der Waals surface area contributed by atoms with Gasteiger partial charge in [-0.05, 0) is 57.1 Å². The van der Waals surface area contributed by atoms with Crippen LogP contribution < -0.4 is 4.90 Å². The predicted octanol–water partition coefficient (Wildman–Crippen LogP) is 2.80. The molecule has 0 aromatic carbocycles. The SMILES string of the molecule is CCN(Cc1cnn(CC)c1)C(=O)c1ccc(N2C[C@H]3C[C@H](C2)[C@H]2CCCC(=O)N2C3)nc1. The number of hydrogen-bond acceptors (Lipinski definition) is 5. The second kappa shape index (κ2) is 9.15. The highest BCUT2D eigenvalue weighted by molar-refractivity contribution is 5.94. The summed E-state index contributed by atoms with van der Waals surface area (Å²) in [4.78, 5) is 36.5. The number of hydrogen-bond donors (Lipinski definition) is 0. The molecule has 5 rings (SSSR count). The molecule has 2 amide bonds. The standard InChI is InChI=1S/C25H34N6O2/c1-3-28(14-19-11-27-30(4-2)15-19)25(33)20-8-9-23(26-12-20)29-13-18-10-21(17-29)22-6-5-7-24(32)31(22)16-18/h8-9,11-12,15,18,21-22H,3-7,10,13-14,16-17H2,1-2H3/t18-,21-,22-/m1/s1. The van der Waals surface area contributed by atoms with Crippen LogP contribution in [0.3, 0.4) is 0 Å². The molecule has 3 aliphatic rings. The van der Waals surface area contributed by atoms with Crippen molar-refractivity contribution < 1.29 is 9.59 Å².